The van der Waals surface area contributed by atoms with Crippen LogP contribution >= 0.6 is 0 Å². The Balaban J connectivity index is 1.86. The molecule has 0 radical (unpaired) electrons. The van der Waals surface area contributed by atoms with E-state index >= 15 is 0 Å². The molecule has 1 aromatic heterocycles. The Morgan fingerprint density at radius 2 is 2.13 bits per heavy atom. The van der Waals surface area contributed by atoms with Crippen molar-refractivity contribution in [3.05, 3.63) is 33.4 Å². The lowest BCUT2D eigenvalue weighted by Crippen LogP contribution is -2.25. The van der Waals surface area contributed by atoms with Crippen LogP contribution in [0.1, 0.15) is 42.6 Å². The van der Waals surface area contributed by atoms with Gasteiger partial charge in [-0.1, -0.05) is 19.3 Å². The molecule has 2 aliphatic rings. The van der Waals surface area contributed by atoms with Gasteiger partial charge in [0, 0.05) is 6.07 Å². The smallest absolute Gasteiger partial charge is 0.336 e. The van der Waals surface area contributed by atoms with Gasteiger partial charge in [0.25, 0.3) is 12.3 Å². The van der Waals surface area contributed by atoms with E-state index in [0.29, 0.717) is 17.5 Å². The highest BCUT2D eigenvalue weighted by atomic mass is 19.3. The lowest BCUT2D eigenvalue weighted by molar-refractivity contribution is -0.117. The minimum atomic E-state index is -2.67. The Labute approximate surface area is 131 Å². The van der Waals surface area contributed by atoms with Crippen LogP contribution in [0.25, 0.3) is 0 Å². The zero-order chi connectivity index (χ0) is 16.4. The van der Waals surface area contributed by atoms with Crippen molar-refractivity contribution in [1.82, 2.24) is 0 Å². The summed E-state index contributed by atoms with van der Waals surface area (Å²) in [7, 11) is 0. The van der Waals surface area contributed by atoms with Crippen molar-refractivity contribution in [2.75, 3.05) is 6.61 Å². The van der Waals surface area contributed by atoms with Crippen molar-refractivity contribution in [2.24, 2.45) is 10.9 Å². The highest BCUT2D eigenvalue weighted by Gasteiger charge is 2.28. The molecule has 1 saturated carbocycles. The van der Waals surface area contributed by atoms with Crippen molar-refractivity contribution in [2.45, 2.75) is 45.0 Å². The van der Waals surface area contributed by atoms with Crippen LogP contribution in [-0.2, 0) is 22.4 Å². The Kier molecular flexibility index (Phi) is 4.54. The Bertz CT molecular complexity index is 692. The number of aryl methyl sites for hydroxylation is 1. The maximum absolute atomic E-state index is 12.4. The van der Waals surface area contributed by atoms with Crippen LogP contribution < -0.4 is 5.63 Å². The topological polar surface area (TPSA) is 68.9 Å². The number of hydrogen-bond acceptors (Lipinski definition) is 4. The number of aliphatic imine (C=N–C) groups is 1. The van der Waals surface area contributed by atoms with Gasteiger partial charge in [-0.2, -0.15) is 4.99 Å². The van der Waals surface area contributed by atoms with Crippen LogP contribution in [0.3, 0.4) is 0 Å². The quantitative estimate of drug-likeness (QED) is 0.806. The summed E-state index contributed by atoms with van der Waals surface area (Å²) in [6, 6.07) is 1.34. The van der Waals surface area contributed by atoms with Crippen molar-refractivity contribution in [1.29, 1.82) is 0 Å². The monoisotopic (exact) mass is 325 g/mol. The van der Waals surface area contributed by atoms with Crippen molar-refractivity contribution in [3.63, 3.8) is 0 Å². The van der Waals surface area contributed by atoms with Crippen LogP contribution in [0.4, 0.5) is 8.78 Å². The van der Waals surface area contributed by atoms with Gasteiger partial charge in [-0.3, -0.25) is 4.79 Å². The largest absolute Gasteiger partial charge is 0.471 e. The van der Waals surface area contributed by atoms with Gasteiger partial charge < -0.3 is 9.15 Å². The third-order valence-corrected chi connectivity index (χ3v) is 3.97. The molecule has 0 unspecified atom stereocenters. The average molecular weight is 325 g/mol. The van der Waals surface area contributed by atoms with Crippen molar-refractivity contribution < 1.29 is 22.7 Å². The van der Waals surface area contributed by atoms with E-state index in [4.69, 9.17) is 9.15 Å². The number of alkyl halides is 2. The van der Waals surface area contributed by atoms with E-state index in [1.165, 1.54) is 18.9 Å². The summed E-state index contributed by atoms with van der Waals surface area (Å²) in [5.74, 6) is 0.181. The first kappa shape index (κ1) is 15.8. The molecule has 0 aromatic carbocycles. The summed E-state index contributed by atoms with van der Waals surface area (Å²) in [6.07, 6.45) is 2.22. The summed E-state index contributed by atoms with van der Waals surface area (Å²) in [6.45, 7) is -0.855. The summed E-state index contributed by atoms with van der Waals surface area (Å²) < 4.78 is 34.8. The molecule has 3 rings (SSSR count). The number of amides is 1. The van der Waals surface area contributed by atoms with E-state index in [1.807, 2.05) is 0 Å². The van der Waals surface area contributed by atoms with E-state index in [-0.39, 0.29) is 18.1 Å². The van der Waals surface area contributed by atoms with Crippen LogP contribution in [0.2, 0.25) is 0 Å². The zero-order valence-electron chi connectivity index (χ0n) is 12.5. The molecule has 1 aliphatic heterocycles. The van der Waals surface area contributed by atoms with Gasteiger partial charge in [-0.25, -0.2) is 13.6 Å². The molecular formula is C16H17F2NO4. The molecule has 0 spiro atoms. The summed E-state index contributed by atoms with van der Waals surface area (Å²) in [5.41, 5.74) is 0.492. The third kappa shape index (κ3) is 4.03. The first-order chi connectivity index (χ1) is 11.0. The lowest BCUT2D eigenvalue weighted by atomic mass is 9.98. The predicted octanol–water partition coefficient (Wildman–Crippen LogP) is 2.48. The summed E-state index contributed by atoms with van der Waals surface area (Å²) >= 11 is 0. The highest BCUT2D eigenvalue weighted by molar-refractivity contribution is 6.06. The van der Waals surface area contributed by atoms with E-state index in [9.17, 15) is 18.4 Å². The fourth-order valence-electron chi connectivity index (χ4n) is 2.75. The lowest BCUT2D eigenvalue weighted by Gasteiger charge is -2.18. The molecule has 1 fully saturated rings. The molecule has 1 aromatic rings. The third-order valence-electron chi connectivity index (χ3n) is 3.97. The highest BCUT2D eigenvalue weighted by Crippen LogP contribution is 2.34. The second kappa shape index (κ2) is 6.60. The van der Waals surface area contributed by atoms with Crippen molar-refractivity contribution >= 4 is 11.8 Å². The van der Waals surface area contributed by atoms with Crippen LogP contribution in [0.5, 0.6) is 0 Å². The normalized spacial score (nSPS) is 17.2. The Morgan fingerprint density at radius 3 is 2.83 bits per heavy atom. The van der Waals surface area contributed by atoms with Gasteiger partial charge in [0.2, 0.25) is 5.90 Å². The molecule has 0 atom stereocenters. The van der Waals surface area contributed by atoms with Gasteiger partial charge in [0.1, 0.15) is 5.76 Å². The number of hydrogen-bond donors (Lipinski definition) is 0. The number of carbonyl (C=O) groups is 1. The average Bonchev–Trinajstić information content (AvgIpc) is 3.27. The number of ether oxygens (including phenoxy) is 1. The van der Waals surface area contributed by atoms with E-state index < -0.39 is 24.6 Å². The first-order valence-electron chi connectivity index (χ1n) is 7.71. The first-order valence-corrected chi connectivity index (χ1v) is 7.71. The molecule has 23 heavy (non-hydrogen) atoms. The van der Waals surface area contributed by atoms with Crippen LogP contribution in [0, 0.1) is 5.92 Å². The Hall–Kier alpha value is -2.05. The molecule has 7 heteroatoms. The summed E-state index contributed by atoms with van der Waals surface area (Å²) in [5, 5.41) is 0. The second-order valence-electron chi connectivity index (χ2n) is 5.91. The van der Waals surface area contributed by atoms with Gasteiger partial charge in [0.05, 0.1) is 12.0 Å². The molecule has 124 valence electrons. The predicted molar refractivity (Wildman–Crippen MR) is 77.8 cm³/mol. The number of halogens is 2. The zero-order valence-corrected chi connectivity index (χ0v) is 12.5. The molecule has 0 bridgehead atoms. The van der Waals surface area contributed by atoms with Crippen LogP contribution in [0.15, 0.2) is 20.3 Å². The fourth-order valence-corrected chi connectivity index (χ4v) is 2.75. The molecule has 0 N–H and O–H groups in total. The van der Waals surface area contributed by atoms with Gasteiger partial charge in [-0.05, 0) is 24.3 Å². The number of fused-ring (bicyclic) bond motifs is 1. The van der Waals surface area contributed by atoms with Gasteiger partial charge >= 0.3 is 5.63 Å². The molecule has 1 aliphatic carbocycles. The van der Waals surface area contributed by atoms with E-state index in [2.05, 4.69) is 4.99 Å². The van der Waals surface area contributed by atoms with Gasteiger partial charge in [-0.15, -0.1) is 0 Å². The van der Waals surface area contributed by atoms with Crippen LogP contribution in [-0.4, -0.2) is 24.8 Å². The molecule has 2 heterocycles. The minimum Gasteiger partial charge on any atom is -0.471 e. The van der Waals surface area contributed by atoms with E-state index in [1.54, 1.807) is 0 Å². The second-order valence-corrected chi connectivity index (χ2v) is 5.91. The maximum atomic E-state index is 12.4. The Morgan fingerprint density at radius 1 is 1.35 bits per heavy atom. The SMILES string of the molecule is O=C1Cc2oc(=O)cc(CCCC3CC3)c2C(OCC(F)F)=N1. The number of carbonyl (C=O) groups excluding carboxylic acids is 1. The van der Waals surface area contributed by atoms with E-state index in [0.717, 1.165) is 18.8 Å². The number of nitrogens with zero attached hydrogens (tertiary/aromatic N) is 1. The standard InChI is InChI=1S/C16H17F2NO4/c17-12(18)8-22-16-15-10(3-1-2-9-4-5-9)6-14(21)23-11(15)7-13(20)19-16/h6,9,12H,1-5,7-8H2. The summed E-state index contributed by atoms with van der Waals surface area (Å²) in [4.78, 5) is 27.0. The molecule has 0 saturated heterocycles. The molecular weight excluding hydrogens is 308 g/mol. The van der Waals surface area contributed by atoms with Gasteiger partial charge in [0.15, 0.2) is 6.61 Å². The number of rotatable bonds is 6. The molecule has 5 nitrogen and oxygen atoms in total. The molecule has 1 amide bonds. The maximum Gasteiger partial charge on any atom is 0.336 e. The van der Waals surface area contributed by atoms with Crippen molar-refractivity contribution in [3.8, 4) is 0 Å². The fraction of sp³-hybridized carbons (Fsp3) is 0.562. The minimum absolute atomic E-state index is 0.150.